The second-order valence-corrected chi connectivity index (χ2v) is 11.6. The van der Waals surface area contributed by atoms with Crippen LogP contribution in [0.5, 0.6) is 0 Å². The number of alkyl halides is 4. The highest BCUT2D eigenvalue weighted by Crippen LogP contribution is 2.34. The second-order valence-electron chi connectivity index (χ2n) is 9.23. The summed E-state index contributed by atoms with van der Waals surface area (Å²) in [5, 5.41) is 8.83. The fourth-order valence-electron chi connectivity index (χ4n) is 4.60. The molecular formula is C24H22F6N6O3S2. The fourth-order valence-corrected chi connectivity index (χ4v) is 6.53. The van der Waals surface area contributed by atoms with Gasteiger partial charge in [0.2, 0.25) is 5.91 Å². The molecule has 41 heavy (non-hydrogen) atoms. The molecule has 0 saturated carbocycles. The lowest BCUT2D eigenvalue weighted by Crippen LogP contribution is -2.57. The Bertz CT molecular complexity index is 1480. The van der Waals surface area contributed by atoms with Gasteiger partial charge in [-0.1, -0.05) is 11.2 Å². The first-order valence-corrected chi connectivity index (χ1v) is 14.7. The number of anilines is 1. The van der Waals surface area contributed by atoms with Crippen molar-refractivity contribution >= 4 is 38.9 Å². The molecule has 2 aliphatic rings. The van der Waals surface area contributed by atoms with Gasteiger partial charge in [0, 0.05) is 41.9 Å². The summed E-state index contributed by atoms with van der Waals surface area (Å²) in [6.45, 7) is -0.409. The number of carbonyl (C=O) groups is 1. The quantitative estimate of drug-likeness (QED) is 0.347. The van der Waals surface area contributed by atoms with Gasteiger partial charge in [0.15, 0.2) is 11.2 Å². The number of thiazole rings is 1. The van der Waals surface area contributed by atoms with Crippen LogP contribution in [-0.2, 0) is 27.0 Å². The largest absolute Gasteiger partial charge is 0.387 e. The van der Waals surface area contributed by atoms with Crippen molar-refractivity contribution in [3.63, 3.8) is 0 Å². The van der Waals surface area contributed by atoms with Gasteiger partial charge in [-0.15, -0.1) is 11.3 Å². The van der Waals surface area contributed by atoms with Gasteiger partial charge in [-0.2, -0.15) is 5.10 Å². The van der Waals surface area contributed by atoms with Gasteiger partial charge in [-0.3, -0.25) is 13.7 Å². The lowest BCUT2D eigenvalue weighted by molar-refractivity contribution is -0.132. The number of benzene rings is 1. The fraction of sp³-hybridized carbons (Fsp3) is 0.417. The molecule has 5 rings (SSSR count). The van der Waals surface area contributed by atoms with Crippen molar-refractivity contribution in [3.05, 3.63) is 63.9 Å². The van der Waals surface area contributed by atoms with Crippen molar-refractivity contribution < 1.29 is 40.2 Å². The van der Waals surface area contributed by atoms with E-state index in [-0.39, 0.29) is 31.6 Å². The predicted molar refractivity (Wildman–Crippen MR) is 137 cm³/mol. The van der Waals surface area contributed by atoms with E-state index in [1.165, 1.54) is 28.6 Å². The summed E-state index contributed by atoms with van der Waals surface area (Å²) in [4.78, 5) is 25.8. The molecule has 4 heterocycles. The average Bonchev–Trinajstić information content (AvgIpc) is 3.68. The summed E-state index contributed by atoms with van der Waals surface area (Å²) in [6, 6.07) is 4.08. The zero-order chi connectivity index (χ0) is 29.4. The smallest absolute Gasteiger partial charge is 0.282 e. The maximum Gasteiger partial charge on any atom is 0.282 e. The zero-order valence-electron chi connectivity index (χ0n) is 21.2. The maximum absolute atomic E-state index is 14.2. The van der Waals surface area contributed by atoms with Crippen LogP contribution >= 0.6 is 11.3 Å². The lowest BCUT2D eigenvalue weighted by atomic mass is 10.0. The highest BCUT2D eigenvalue weighted by atomic mass is 32.2. The van der Waals surface area contributed by atoms with Gasteiger partial charge in [0.25, 0.3) is 12.9 Å². The second kappa shape index (κ2) is 11.8. The third-order valence-electron chi connectivity index (χ3n) is 6.66. The van der Waals surface area contributed by atoms with Gasteiger partial charge in [0.05, 0.1) is 12.1 Å². The van der Waals surface area contributed by atoms with Crippen LogP contribution in [0.25, 0.3) is 0 Å². The molecular weight excluding hydrogens is 598 g/mol. The molecule has 0 radical (unpaired) electrons. The first kappa shape index (κ1) is 29.0. The number of nitrogens with zero attached hydrogens (tertiary/aromatic N) is 6. The van der Waals surface area contributed by atoms with Crippen molar-refractivity contribution in [2.45, 2.75) is 37.3 Å². The standard InChI is InChI=1S/C24H22F6N6O3S2/c1-41(38)20-10-34(19(37)9-36-17(23(29)30)7-15(32-36)22(27)28)5-6-35(20)24-31-16(11-40-24)14-8-18(39-33-14)21-12(25)3-2-4-13(21)26/h2-4,7,11,18,20,22-23H,5-6,8-10H2,1H3. The number of carbonyl (C=O) groups excluding carboxylic acids is 1. The Morgan fingerprint density at radius 2 is 1.90 bits per heavy atom. The highest BCUT2D eigenvalue weighted by molar-refractivity contribution is 7.85. The van der Waals surface area contributed by atoms with Crippen molar-refractivity contribution in [2.75, 3.05) is 30.8 Å². The van der Waals surface area contributed by atoms with E-state index in [2.05, 4.69) is 15.2 Å². The van der Waals surface area contributed by atoms with E-state index in [0.717, 1.165) is 12.1 Å². The van der Waals surface area contributed by atoms with E-state index < -0.39 is 70.6 Å². The Hall–Kier alpha value is -3.47. The third-order valence-corrected chi connectivity index (χ3v) is 8.70. The van der Waals surface area contributed by atoms with Crippen LogP contribution in [0.1, 0.15) is 48.0 Å². The number of oxime groups is 1. The van der Waals surface area contributed by atoms with Crippen LogP contribution in [0.4, 0.5) is 31.5 Å². The number of aromatic nitrogens is 3. The van der Waals surface area contributed by atoms with E-state index in [1.807, 2.05) is 0 Å². The molecule has 3 aromatic rings. The number of amides is 1. The molecule has 1 fully saturated rings. The van der Waals surface area contributed by atoms with Crippen LogP contribution in [0.15, 0.2) is 34.8 Å². The van der Waals surface area contributed by atoms with Gasteiger partial charge in [-0.25, -0.2) is 31.3 Å². The SMILES string of the molecule is CS(=O)C1CN(C(=O)Cn2nc(C(F)F)cc2C(F)F)CCN1c1nc(C2=NOC(c3c(F)cccc3F)C2)cs1. The average molecular weight is 621 g/mol. The van der Waals surface area contributed by atoms with Crippen LogP contribution in [0, 0.1) is 11.6 Å². The minimum atomic E-state index is -3.11. The Morgan fingerprint density at radius 3 is 2.56 bits per heavy atom. The van der Waals surface area contributed by atoms with Crippen molar-refractivity contribution in [3.8, 4) is 0 Å². The van der Waals surface area contributed by atoms with E-state index in [4.69, 9.17) is 4.84 Å². The summed E-state index contributed by atoms with van der Waals surface area (Å²) in [5.74, 6) is -2.15. The molecule has 17 heteroatoms. The van der Waals surface area contributed by atoms with Gasteiger partial charge < -0.3 is 14.6 Å². The molecule has 1 amide bonds. The minimum absolute atomic E-state index is 0.0392. The van der Waals surface area contributed by atoms with Crippen molar-refractivity contribution in [1.29, 1.82) is 0 Å². The molecule has 3 unspecified atom stereocenters. The Morgan fingerprint density at radius 1 is 1.17 bits per heavy atom. The monoisotopic (exact) mass is 620 g/mol. The van der Waals surface area contributed by atoms with E-state index in [0.29, 0.717) is 27.3 Å². The summed E-state index contributed by atoms with van der Waals surface area (Å²) >= 11 is 1.21. The molecule has 1 saturated heterocycles. The molecule has 220 valence electrons. The topological polar surface area (TPSA) is 92.9 Å². The normalized spacial score (nSPS) is 20.1. The number of rotatable bonds is 8. The van der Waals surface area contributed by atoms with Crippen LogP contribution in [0.2, 0.25) is 0 Å². The summed E-state index contributed by atoms with van der Waals surface area (Å²) in [7, 11) is -1.49. The third kappa shape index (κ3) is 5.95. The number of piperazine rings is 1. The molecule has 2 aromatic heterocycles. The van der Waals surface area contributed by atoms with E-state index >= 15 is 0 Å². The minimum Gasteiger partial charge on any atom is -0.387 e. The van der Waals surface area contributed by atoms with E-state index in [9.17, 15) is 35.3 Å². The number of hydrogen-bond acceptors (Lipinski definition) is 8. The first-order chi connectivity index (χ1) is 19.5. The molecule has 3 atom stereocenters. The first-order valence-electron chi connectivity index (χ1n) is 12.2. The molecule has 2 aliphatic heterocycles. The number of halogens is 6. The van der Waals surface area contributed by atoms with Crippen molar-refractivity contribution in [2.24, 2.45) is 5.16 Å². The summed E-state index contributed by atoms with van der Waals surface area (Å²) in [5.41, 5.74) is -1.09. The molecule has 9 nitrogen and oxygen atoms in total. The van der Waals surface area contributed by atoms with Gasteiger partial charge in [0.1, 0.15) is 46.3 Å². The Balaban J connectivity index is 1.27. The maximum atomic E-state index is 14.2. The van der Waals surface area contributed by atoms with Crippen molar-refractivity contribution in [1.82, 2.24) is 19.7 Å². The van der Waals surface area contributed by atoms with Crippen LogP contribution in [-0.4, -0.2) is 66.8 Å². The predicted octanol–water partition coefficient (Wildman–Crippen LogP) is 4.41. The van der Waals surface area contributed by atoms with Gasteiger partial charge >= 0.3 is 0 Å². The van der Waals surface area contributed by atoms with Crippen LogP contribution < -0.4 is 4.90 Å². The molecule has 0 spiro atoms. The number of hydrogen-bond donors (Lipinski definition) is 0. The Kier molecular flexibility index (Phi) is 8.35. The van der Waals surface area contributed by atoms with Gasteiger partial charge in [-0.05, 0) is 18.2 Å². The molecule has 0 aliphatic carbocycles. The highest BCUT2D eigenvalue weighted by Gasteiger charge is 2.35. The zero-order valence-corrected chi connectivity index (χ0v) is 22.9. The van der Waals surface area contributed by atoms with Crippen LogP contribution in [0.3, 0.4) is 0 Å². The molecule has 1 aromatic carbocycles. The molecule has 0 N–H and O–H groups in total. The summed E-state index contributed by atoms with van der Waals surface area (Å²) in [6.07, 6.45) is -5.62. The molecule has 0 bridgehead atoms. The lowest BCUT2D eigenvalue weighted by Gasteiger charge is -2.40. The van der Waals surface area contributed by atoms with E-state index in [1.54, 1.807) is 10.3 Å². The Labute approximate surface area is 235 Å². The summed E-state index contributed by atoms with van der Waals surface area (Å²) < 4.78 is 94.2.